The first-order chi connectivity index (χ1) is 12.1. The molecule has 0 saturated carbocycles. The Kier molecular flexibility index (Phi) is 7.00. The lowest BCUT2D eigenvalue weighted by Crippen LogP contribution is -2.48. The molecular formula is C16H19ClN4OS3. The third-order valence-corrected chi connectivity index (χ3v) is 7.15. The van der Waals surface area contributed by atoms with Gasteiger partial charge in [0.15, 0.2) is 8.68 Å². The van der Waals surface area contributed by atoms with E-state index in [0.717, 1.165) is 46.4 Å². The maximum Gasteiger partial charge on any atom is 0.233 e. The van der Waals surface area contributed by atoms with Crippen LogP contribution >= 0.6 is 46.5 Å². The fourth-order valence-corrected chi connectivity index (χ4v) is 5.16. The molecular weight excluding hydrogens is 396 g/mol. The zero-order valence-corrected chi connectivity index (χ0v) is 17.1. The number of piperazine rings is 1. The van der Waals surface area contributed by atoms with Gasteiger partial charge in [-0.05, 0) is 24.0 Å². The predicted octanol–water partition coefficient (Wildman–Crippen LogP) is 3.35. The van der Waals surface area contributed by atoms with Gasteiger partial charge < -0.3 is 4.90 Å². The Morgan fingerprint density at radius 3 is 2.68 bits per heavy atom. The molecule has 0 bridgehead atoms. The predicted molar refractivity (Wildman–Crippen MR) is 106 cm³/mol. The highest BCUT2D eigenvalue weighted by molar-refractivity contribution is 8.03. The molecule has 2 heterocycles. The topological polar surface area (TPSA) is 49.3 Å². The number of hydrogen-bond donors (Lipinski definition) is 0. The lowest BCUT2D eigenvalue weighted by Gasteiger charge is -2.34. The third kappa shape index (κ3) is 5.59. The van der Waals surface area contributed by atoms with E-state index in [4.69, 9.17) is 11.6 Å². The van der Waals surface area contributed by atoms with Crippen molar-refractivity contribution in [3.8, 4) is 0 Å². The van der Waals surface area contributed by atoms with Crippen molar-refractivity contribution in [3.63, 3.8) is 0 Å². The highest BCUT2D eigenvalue weighted by Crippen LogP contribution is 2.27. The van der Waals surface area contributed by atoms with E-state index in [0.29, 0.717) is 5.75 Å². The highest BCUT2D eigenvalue weighted by atomic mass is 35.5. The molecule has 5 nitrogen and oxygen atoms in total. The van der Waals surface area contributed by atoms with Crippen LogP contribution in [-0.2, 0) is 11.3 Å². The molecule has 0 spiro atoms. The summed E-state index contributed by atoms with van der Waals surface area (Å²) < 4.78 is 1.79. The second-order valence-electron chi connectivity index (χ2n) is 5.61. The summed E-state index contributed by atoms with van der Waals surface area (Å²) in [6.45, 7) is 4.19. The van der Waals surface area contributed by atoms with Crippen LogP contribution in [0.2, 0.25) is 5.02 Å². The molecule has 3 rings (SSSR count). The molecule has 0 aliphatic carbocycles. The van der Waals surface area contributed by atoms with Gasteiger partial charge in [0.1, 0.15) is 0 Å². The summed E-state index contributed by atoms with van der Waals surface area (Å²) in [5, 5.41) is 8.91. The Labute approximate surface area is 165 Å². The van der Waals surface area contributed by atoms with Gasteiger partial charge in [-0.1, -0.05) is 58.6 Å². The molecule has 0 N–H and O–H groups in total. The number of nitrogens with zero attached hydrogens (tertiary/aromatic N) is 4. The second-order valence-corrected chi connectivity index (χ2v) is 9.30. The summed E-state index contributed by atoms with van der Waals surface area (Å²) in [6, 6.07) is 7.95. The van der Waals surface area contributed by atoms with Crippen molar-refractivity contribution in [2.75, 3.05) is 38.2 Å². The number of benzene rings is 1. The fraction of sp³-hybridized carbons (Fsp3) is 0.438. The van der Waals surface area contributed by atoms with Gasteiger partial charge in [0.2, 0.25) is 5.91 Å². The Hall–Kier alpha value is -0.800. The molecule has 1 aromatic carbocycles. The average molecular weight is 415 g/mol. The van der Waals surface area contributed by atoms with Gasteiger partial charge in [0.25, 0.3) is 0 Å². The number of carbonyl (C=O) groups is 1. The van der Waals surface area contributed by atoms with Gasteiger partial charge in [-0.15, -0.1) is 10.2 Å². The molecule has 1 fully saturated rings. The molecule has 2 aromatic rings. The van der Waals surface area contributed by atoms with E-state index in [1.54, 1.807) is 11.8 Å². The quantitative estimate of drug-likeness (QED) is 0.675. The highest BCUT2D eigenvalue weighted by Gasteiger charge is 2.21. The Bertz CT molecular complexity index is 719. The molecule has 0 atom stereocenters. The Morgan fingerprint density at radius 2 is 2.00 bits per heavy atom. The molecule has 1 aliphatic heterocycles. The van der Waals surface area contributed by atoms with Crippen molar-refractivity contribution < 1.29 is 4.79 Å². The first kappa shape index (κ1) is 19.0. The van der Waals surface area contributed by atoms with Gasteiger partial charge in [-0.25, -0.2) is 0 Å². The smallest absolute Gasteiger partial charge is 0.233 e. The van der Waals surface area contributed by atoms with E-state index in [9.17, 15) is 4.79 Å². The zero-order chi connectivity index (χ0) is 17.6. The Balaban J connectivity index is 1.42. The fourth-order valence-electron chi connectivity index (χ4n) is 2.60. The van der Waals surface area contributed by atoms with Crippen LogP contribution in [0.15, 0.2) is 32.9 Å². The van der Waals surface area contributed by atoms with E-state index in [1.165, 1.54) is 28.7 Å². The number of halogens is 1. The molecule has 1 aromatic heterocycles. The molecule has 1 aliphatic rings. The van der Waals surface area contributed by atoms with Gasteiger partial charge in [0.05, 0.1) is 5.75 Å². The minimum absolute atomic E-state index is 0.174. The molecule has 0 unspecified atom stereocenters. The normalized spacial score (nSPS) is 15.5. The number of rotatable bonds is 6. The van der Waals surface area contributed by atoms with Crippen LogP contribution in [0.5, 0.6) is 0 Å². The van der Waals surface area contributed by atoms with Gasteiger partial charge in [0, 0.05) is 37.7 Å². The summed E-state index contributed by atoms with van der Waals surface area (Å²) in [4.78, 5) is 16.7. The number of carbonyl (C=O) groups excluding carboxylic acids is 1. The Morgan fingerprint density at radius 1 is 1.24 bits per heavy atom. The van der Waals surface area contributed by atoms with E-state index in [1.807, 2.05) is 29.4 Å². The first-order valence-electron chi connectivity index (χ1n) is 7.89. The average Bonchev–Trinajstić information content (AvgIpc) is 3.08. The number of hydrogen-bond acceptors (Lipinski definition) is 7. The van der Waals surface area contributed by atoms with Crippen LogP contribution in [-0.4, -0.2) is 64.1 Å². The first-order valence-corrected chi connectivity index (χ1v) is 11.3. The minimum Gasteiger partial charge on any atom is -0.339 e. The summed E-state index contributed by atoms with van der Waals surface area (Å²) in [7, 11) is 0. The van der Waals surface area contributed by atoms with Crippen molar-refractivity contribution in [1.29, 1.82) is 0 Å². The van der Waals surface area contributed by atoms with Crippen LogP contribution in [0, 0.1) is 0 Å². The second kappa shape index (κ2) is 9.23. The summed E-state index contributed by atoms with van der Waals surface area (Å²) in [6.07, 6.45) is 1.98. The van der Waals surface area contributed by atoms with Crippen LogP contribution in [0.4, 0.5) is 0 Å². The van der Waals surface area contributed by atoms with Crippen LogP contribution in [0.25, 0.3) is 0 Å². The molecule has 25 heavy (non-hydrogen) atoms. The van der Waals surface area contributed by atoms with Crippen molar-refractivity contribution in [1.82, 2.24) is 20.0 Å². The summed E-state index contributed by atoms with van der Waals surface area (Å²) >= 11 is 10.6. The van der Waals surface area contributed by atoms with Crippen LogP contribution in [0.1, 0.15) is 5.56 Å². The van der Waals surface area contributed by atoms with Crippen molar-refractivity contribution in [2.24, 2.45) is 0 Å². The minimum atomic E-state index is 0.174. The van der Waals surface area contributed by atoms with Crippen LogP contribution < -0.4 is 0 Å². The van der Waals surface area contributed by atoms with Crippen molar-refractivity contribution in [2.45, 2.75) is 15.2 Å². The van der Waals surface area contributed by atoms with Gasteiger partial charge >= 0.3 is 0 Å². The summed E-state index contributed by atoms with van der Waals surface area (Å²) in [5.41, 5.74) is 1.21. The van der Waals surface area contributed by atoms with E-state index in [-0.39, 0.29) is 5.91 Å². The van der Waals surface area contributed by atoms with E-state index >= 15 is 0 Å². The standard InChI is InChI=1S/C16H19ClN4OS3/c1-23-15-18-19-16(25-15)24-11-14(22)21-7-5-20(6-8-21)10-12-3-2-4-13(17)9-12/h2-4,9H,5-8,10-11H2,1H3. The molecule has 0 radical (unpaired) electrons. The van der Waals surface area contributed by atoms with E-state index in [2.05, 4.69) is 21.2 Å². The third-order valence-electron chi connectivity index (χ3n) is 3.90. The van der Waals surface area contributed by atoms with Gasteiger partial charge in [-0.2, -0.15) is 0 Å². The van der Waals surface area contributed by atoms with E-state index < -0.39 is 0 Å². The summed E-state index contributed by atoms with van der Waals surface area (Å²) in [5.74, 6) is 0.602. The van der Waals surface area contributed by atoms with Crippen molar-refractivity contribution in [3.05, 3.63) is 34.9 Å². The van der Waals surface area contributed by atoms with Crippen molar-refractivity contribution >= 4 is 52.4 Å². The number of thioether (sulfide) groups is 2. The SMILES string of the molecule is CSc1nnc(SCC(=O)N2CCN(Cc3cccc(Cl)c3)CC2)s1. The molecule has 134 valence electrons. The van der Waals surface area contributed by atoms with Crippen LogP contribution in [0.3, 0.4) is 0 Å². The lowest BCUT2D eigenvalue weighted by atomic mass is 10.2. The van der Waals surface area contributed by atoms with Gasteiger partial charge in [-0.3, -0.25) is 9.69 Å². The maximum absolute atomic E-state index is 12.4. The largest absolute Gasteiger partial charge is 0.339 e. The maximum atomic E-state index is 12.4. The molecule has 1 saturated heterocycles. The zero-order valence-electron chi connectivity index (χ0n) is 13.9. The molecule has 9 heteroatoms. The molecule has 1 amide bonds. The number of aromatic nitrogens is 2. The number of amides is 1. The lowest BCUT2D eigenvalue weighted by molar-refractivity contribution is -0.130. The monoisotopic (exact) mass is 414 g/mol.